The number of benzene rings is 2. The van der Waals surface area contributed by atoms with Crippen molar-refractivity contribution in [3.05, 3.63) is 68.8 Å². The van der Waals surface area contributed by atoms with Crippen molar-refractivity contribution in [2.45, 2.75) is 92.4 Å². The van der Waals surface area contributed by atoms with E-state index in [0.717, 1.165) is 13.1 Å². The number of aryl methyl sites for hydroxylation is 6. The molecular weight excluding hydrogens is 340 g/mol. The van der Waals surface area contributed by atoms with Gasteiger partial charge in [0.1, 0.15) is 0 Å². The van der Waals surface area contributed by atoms with E-state index in [2.05, 4.69) is 76.4 Å². The van der Waals surface area contributed by atoms with E-state index < -0.39 is 0 Å². The van der Waals surface area contributed by atoms with Gasteiger partial charge in [-0.3, -0.25) is 0 Å². The molecule has 0 radical (unpaired) electrons. The maximum atomic E-state index is 3.90. The Morgan fingerprint density at radius 2 is 0.929 bits per heavy atom. The van der Waals surface area contributed by atoms with Gasteiger partial charge in [-0.25, -0.2) is 0 Å². The van der Waals surface area contributed by atoms with Crippen molar-refractivity contribution in [2.75, 3.05) is 0 Å². The van der Waals surface area contributed by atoms with E-state index in [1.54, 1.807) is 0 Å². The first-order valence-electron chi connectivity index (χ1n) is 11.0. The maximum Gasteiger partial charge on any atom is 0.0224 e. The number of rotatable bonds is 6. The zero-order valence-corrected chi connectivity index (χ0v) is 18.7. The van der Waals surface area contributed by atoms with Crippen molar-refractivity contribution >= 4 is 0 Å². The van der Waals surface area contributed by atoms with Gasteiger partial charge in [-0.15, -0.1) is 0 Å². The van der Waals surface area contributed by atoms with Crippen LogP contribution in [0.1, 0.15) is 70.2 Å². The van der Waals surface area contributed by atoms with E-state index in [9.17, 15) is 0 Å². The highest BCUT2D eigenvalue weighted by Crippen LogP contribution is 2.23. The highest BCUT2D eigenvalue weighted by atomic mass is 15.0. The van der Waals surface area contributed by atoms with E-state index in [4.69, 9.17) is 0 Å². The molecular formula is C26H38N2. The lowest BCUT2D eigenvalue weighted by atomic mass is 9.89. The van der Waals surface area contributed by atoms with Crippen molar-refractivity contribution < 1.29 is 0 Å². The molecule has 2 heteroatoms. The monoisotopic (exact) mass is 378 g/mol. The average Bonchev–Trinajstić information content (AvgIpc) is 2.61. The van der Waals surface area contributed by atoms with Crippen LogP contribution < -0.4 is 10.6 Å². The third-order valence-electron chi connectivity index (χ3n) is 6.53. The summed E-state index contributed by atoms with van der Waals surface area (Å²) in [5, 5.41) is 7.80. The quantitative estimate of drug-likeness (QED) is 0.671. The molecule has 1 fully saturated rings. The Morgan fingerprint density at radius 1 is 0.607 bits per heavy atom. The van der Waals surface area contributed by atoms with Crippen LogP contribution >= 0.6 is 0 Å². The predicted octanol–water partition coefficient (Wildman–Crippen LogP) is 5.73. The molecule has 2 aromatic rings. The Balaban J connectivity index is 1.65. The minimum absolute atomic E-state index is 0.555. The molecule has 1 aliphatic carbocycles. The summed E-state index contributed by atoms with van der Waals surface area (Å²) >= 11 is 0. The Labute approximate surface area is 172 Å². The second kappa shape index (κ2) is 9.24. The van der Waals surface area contributed by atoms with Gasteiger partial charge in [0.05, 0.1) is 0 Å². The molecule has 2 N–H and O–H groups in total. The summed E-state index contributed by atoms with van der Waals surface area (Å²) in [5.41, 5.74) is 11.3. The number of hydrogen-bond donors (Lipinski definition) is 2. The molecule has 2 aromatic carbocycles. The van der Waals surface area contributed by atoms with Gasteiger partial charge in [-0.05, 0) is 87.8 Å². The van der Waals surface area contributed by atoms with Crippen molar-refractivity contribution in [2.24, 2.45) is 0 Å². The first-order chi connectivity index (χ1) is 13.3. The van der Waals surface area contributed by atoms with Gasteiger partial charge < -0.3 is 10.6 Å². The van der Waals surface area contributed by atoms with Crippen LogP contribution in [0.4, 0.5) is 0 Å². The fraction of sp³-hybridized carbons (Fsp3) is 0.538. The molecule has 0 heterocycles. The normalized spacial score (nSPS) is 19.8. The average molecular weight is 379 g/mol. The van der Waals surface area contributed by atoms with Crippen LogP contribution in [0.3, 0.4) is 0 Å². The van der Waals surface area contributed by atoms with Crippen LogP contribution in [0.15, 0.2) is 24.3 Å². The minimum atomic E-state index is 0.555. The van der Waals surface area contributed by atoms with Crippen LogP contribution in [-0.4, -0.2) is 12.1 Å². The number of hydrogen-bond acceptors (Lipinski definition) is 2. The summed E-state index contributed by atoms with van der Waals surface area (Å²) < 4.78 is 0. The van der Waals surface area contributed by atoms with Crippen LogP contribution in [0.25, 0.3) is 0 Å². The fourth-order valence-corrected chi connectivity index (χ4v) is 5.06. The van der Waals surface area contributed by atoms with Crippen LogP contribution in [0.5, 0.6) is 0 Å². The Bertz CT molecular complexity index is 706. The van der Waals surface area contributed by atoms with Crippen molar-refractivity contribution in [3.63, 3.8) is 0 Å². The fourth-order valence-electron chi connectivity index (χ4n) is 5.06. The van der Waals surface area contributed by atoms with E-state index in [-0.39, 0.29) is 0 Å². The Hall–Kier alpha value is -1.64. The van der Waals surface area contributed by atoms with Crippen molar-refractivity contribution in [1.82, 2.24) is 10.6 Å². The topological polar surface area (TPSA) is 24.1 Å². The van der Waals surface area contributed by atoms with E-state index in [1.165, 1.54) is 70.2 Å². The lowest BCUT2D eigenvalue weighted by molar-refractivity contribution is 0.280. The molecule has 2 atom stereocenters. The third-order valence-corrected chi connectivity index (χ3v) is 6.53. The second-order valence-electron chi connectivity index (χ2n) is 9.01. The highest BCUT2D eigenvalue weighted by molar-refractivity contribution is 5.38. The Morgan fingerprint density at radius 3 is 1.25 bits per heavy atom. The molecule has 2 nitrogen and oxygen atoms in total. The summed E-state index contributed by atoms with van der Waals surface area (Å²) in [6.07, 6.45) is 5.22. The zero-order chi connectivity index (χ0) is 20.3. The second-order valence-corrected chi connectivity index (χ2v) is 9.01. The van der Waals surface area contributed by atoms with Gasteiger partial charge in [0.25, 0.3) is 0 Å². The molecule has 152 valence electrons. The largest absolute Gasteiger partial charge is 0.308 e. The molecule has 1 saturated carbocycles. The summed E-state index contributed by atoms with van der Waals surface area (Å²) in [7, 11) is 0. The van der Waals surface area contributed by atoms with Crippen molar-refractivity contribution in [1.29, 1.82) is 0 Å². The van der Waals surface area contributed by atoms with Crippen LogP contribution in [0, 0.1) is 41.5 Å². The third kappa shape index (κ3) is 5.04. The first kappa shape index (κ1) is 21.1. The predicted molar refractivity (Wildman–Crippen MR) is 121 cm³/mol. The van der Waals surface area contributed by atoms with Crippen LogP contribution in [0.2, 0.25) is 0 Å². The lowest BCUT2D eigenvalue weighted by Crippen LogP contribution is -2.49. The van der Waals surface area contributed by atoms with E-state index in [1.807, 2.05) is 0 Å². The summed E-state index contributed by atoms with van der Waals surface area (Å²) in [5.74, 6) is 0. The first-order valence-corrected chi connectivity index (χ1v) is 11.0. The molecule has 1 aliphatic rings. The van der Waals surface area contributed by atoms with E-state index >= 15 is 0 Å². The molecule has 0 saturated heterocycles. The lowest BCUT2D eigenvalue weighted by Gasteiger charge is -2.34. The standard InChI is InChI=1S/C26H38N2/c1-17-11-19(3)23(20(4)12-17)15-27-25-9-7-8-10-26(25)28-16-24-21(5)13-18(2)14-22(24)6/h11-14,25-28H,7-10,15-16H2,1-6H3/t25-,26-/m1/s1. The van der Waals surface area contributed by atoms with Crippen LogP contribution in [-0.2, 0) is 13.1 Å². The van der Waals surface area contributed by atoms with Gasteiger partial charge in [-0.1, -0.05) is 48.2 Å². The molecule has 0 unspecified atom stereocenters. The maximum absolute atomic E-state index is 3.90. The molecule has 0 aliphatic heterocycles. The molecule has 0 spiro atoms. The minimum Gasteiger partial charge on any atom is -0.308 e. The Kier molecular flexibility index (Phi) is 6.95. The van der Waals surface area contributed by atoms with Crippen molar-refractivity contribution in [3.8, 4) is 0 Å². The van der Waals surface area contributed by atoms with Gasteiger partial charge in [0.15, 0.2) is 0 Å². The smallest absolute Gasteiger partial charge is 0.0224 e. The SMILES string of the molecule is Cc1cc(C)c(CN[C@@H]2CCCC[C@H]2NCc2c(C)cc(C)cc2C)c(C)c1. The molecule has 0 amide bonds. The van der Waals surface area contributed by atoms with Gasteiger partial charge >= 0.3 is 0 Å². The highest BCUT2D eigenvalue weighted by Gasteiger charge is 2.24. The zero-order valence-electron chi connectivity index (χ0n) is 18.7. The molecule has 0 aromatic heterocycles. The summed E-state index contributed by atoms with van der Waals surface area (Å²) in [4.78, 5) is 0. The van der Waals surface area contributed by atoms with E-state index in [0.29, 0.717) is 12.1 Å². The molecule has 28 heavy (non-hydrogen) atoms. The summed E-state index contributed by atoms with van der Waals surface area (Å²) in [6, 6.07) is 10.3. The summed E-state index contributed by atoms with van der Waals surface area (Å²) in [6.45, 7) is 15.3. The molecule has 0 bridgehead atoms. The van der Waals surface area contributed by atoms with Gasteiger partial charge in [0.2, 0.25) is 0 Å². The van der Waals surface area contributed by atoms with Gasteiger partial charge in [0, 0.05) is 25.2 Å². The number of nitrogens with one attached hydrogen (secondary N) is 2. The van der Waals surface area contributed by atoms with Gasteiger partial charge in [-0.2, -0.15) is 0 Å². The molecule has 3 rings (SSSR count).